The molecule has 0 aliphatic heterocycles. The standard InChI is InChI=1S/C21H25NO3/c1-6-8-14(12-22)10-16-19(21(16,4)5)20(24)25-18-11-17(23)15(9-7-2)13(18)3/h2,6,8,10,16-19,23H,9,11H2,1,3-5H3/b8-6+,14-10-/t16-,17?,18+,19+/m1/s1. The largest absolute Gasteiger partial charge is 0.457 e. The van der Waals surface area contributed by atoms with E-state index in [9.17, 15) is 9.90 Å². The molecule has 1 saturated carbocycles. The van der Waals surface area contributed by atoms with Crippen LogP contribution in [-0.2, 0) is 9.53 Å². The molecule has 2 aliphatic carbocycles. The van der Waals surface area contributed by atoms with Gasteiger partial charge in [0, 0.05) is 18.4 Å². The molecule has 0 spiro atoms. The van der Waals surface area contributed by atoms with E-state index in [1.807, 2.05) is 33.8 Å². The van der Waals surface area contributed by atoms with E-state index in [2.05, 4.69) is 12.0 Å². The second-order valence-electron chi connectivity index (χ2n) is 7.32. The zero-order valence-corrected chi connectivity index (χ0v) is 15.2. The van der Waals surface area contributed by atoms with Crippen LogP contribution in [0.3, 0.4) is 0 Å². The Kier molecular flexibility index (Phi) is 5.55. The number of aliphatic hydroxyl groups is 1. The summed E-state index contributed by atoms with van der Waals surface area (Å²) in [5, 5.41) is 19.3. The van der Waals surface area contributed by atoms with Crippen LogP contribution in [0.15, 0.2) is 34.9 Å². The molecule has 4 atom stereocenters. The van der Waals surface area contributed by atoms with E-state index in [1.165, 1.54) is 0 Å². The van der Waals surface area contributed by atoms with Crippen LogP contribution in [0.25, 0.3) is 0 Å². The molecule has 1 fully saturated rings. The van der Waals surface area contributed by atoms with Gasteiger partial charge in [-0.1, -0.05) is 26.0 Å². The minimum Gasteiger partial charge on any atom is -0.457 e. The molecule has 0 bridgehead atoms. The predicted molar refractivity (Wildman–Crippen MR) is 95.9 cm³/mol. The molecule has 2 aliphatic rings. The van der Waals surface area contributed by atoms with Gasteiger partial charge in [-0.25, -0.2) is 0 Å². The SMILES string of the molecule is C#CCC1=C(C)[C@@H](OC(=O)[C@@H]2[C@@H](/C=C(C#N)/C=C/C)C2(C)C)CC1O. The lowest BCUT2D eigenvalue weighted by atomic mass is 10.1. The van der Waals surface area contributed by atoms with E-state index in [0.29, 0.717) is 18.4 Å². The molecular weight excluding hydrogens is 314 g/mol. The Labute approximate surface area is 149 Å². The third kappa shape index (κ3) is 3.70. The Bertz CT molecular complexity index is 727. The van der Waals surface area contributed by atoms with Gasteiger partial charge in [-0.2, -0.15) is 5.26 Å². The maximum absolute atomic E-state index is 12.6. The van der Waals surface area contributed by atoms with E-state index in [-0.39, 0.29) is 23.2 Å². The van der Waals surface area contributed by atoms with Crippen molar-refractivity contribution < 1.29 is 14.6 Å². The third-order valence-corrected chi connectivity index (χ3v) is 5.38. The van der Waals surface area contributed by atoms with E-state index in [1.54, 1.807) is 12.2 Å². The predicted octanol–water partition coefficient (Wildman–Crippen LogP) is 3.30. The molecule has 1 N–H and O–H groups in total. The number of aliphatic hydroxyl groups excluding tert-OH is 1. The maximum Gasteiger partial charge on any atom is 0.310 e. The van der Waals surface area contributed by atoms with Crippen LogP contribution >= 0.6 is 0 Å². The molecule has 0 aromatic rings. The topological polar surface area (TPSA) is 70.3 Å². The van der Waals surface area contributed by atoms with Crippen LogP contribution in [-0.4, -0.2) is 23.3 Å². The van der Waals surface area contributed by atoms with Crippen molar-refractivity contribution in [3.8, 4) is 18.4 Å². The van der Waals surface area contributed by atoms with Crippen molar-refractivity contribution >= 4 is 5.97 Å². The first-order chi connectivity index (χ1) is 11.8. The number of carbonyl (C=O) groups excluding carboxylic acids is 1. The summed E-state index contributed by atoms with van der Waals surface area (Å²) >= 11 is 0. The van der Waals surface area contributed by atoms with Crippen LogP contribution in [0.5, 0.6) is 0 Å². The number of allylic oxidation sites excluding steroid dienone is 4. The Morgan fingerprint density at radius 3 is 2.76 bits per heavy atom. The van der Waals surface area contributed by atoms with Gasteiger partial charge in [-0.15, -0.1) is 12.3 Å². The van der Waals surface area contributed by atoms with Crippen LogP contribution in [0.4, 0.5) is 0 Å². The molecule has 0 saturated heterocycles. The van der Waals surface area contributed by atoms with E-state index in [4.69, 9.17) is 16.4 Å². The van der Waals surface area contributed by atoms with Gasteiger partial charge in [0.25, 0.3) is 0 Å². The number of rotatable bonds is 5. The quantitative estimate of drug-likeness (QED) is 0.274. The second kappa shape index (κ2) is 7.30. The molecule has 0 aromatic heterocycles. The van der Waals surface area contributed by atoms with Crippen molar-refractivity contribution in [1.82, 2.24) is 0 Å². The molecule has 4 nitrogen and oxygen atoms in total. The summed E-state index contributed by atoms with van der Waals surface area (Å²) in [6, 6.07) is 2.14. The number of hydrogen-bond donors (Lipinski definition) is 1. The summed E-state index contributed by atoms with van der Waals surface area (Å²) in [5.41, 5.74) is 1.96. The van der Waals surface area contributed by atoms with Gasteiger partial charge < -0.3 is 9.84 Å². The molecule has 0 heterocycles. The molecule has 25 heavy (non-hydrogen) atoms. The summed E-state index contributed by atoms with van der Waals surface area (Å²) in [7, 11) is 0. The molecule has 2 rings (SSSR count). The highest BCUT2D eigenvalue weighted by molar-refractivity contribution is 5.79. The summed E-state index contributed by atoms with van der Waals surface area (Å²) in [4.78, 5) is 12.6. The van der Waals surface area contributed by atoms with Gasteiger partial charge in [0.15, 0.2) is 0 Å². The van der Waals surface area contributed by atoms with E-state index < -0.39 is 12.2 Å². The number of nitrogens with zero attached hydrogens (tertiary/aromatic N) is 1. The molecule has 1 unspecified atom stereocenters. The monoisotopic (exact) mass is 339 g/mol. The molecule has 4 heteroatoms. The lowest BCUT2D eigenvalue weighted by Gasteiger charge is -2.14. The molecule has 0 amide bonds. The first-order valence-corrected chi connectivity index (χ1v) is 8.54. The van der Waals surface area contributed by atoms with Crippen molar-refractivity contribution in [2.45, 2.75) is 52.7 Å². The fourth-order valence-electron chi connectivity index (χ4n) is 3.65. The first kappa shape index (κ1) is 19.0. The van der Waals surface area contributed by atoms with Crippen molar-refractivity contribution in [2.75, 3.05) is 0 Å². The van der Waals surface area contributed by atoms with E-state index >= 15 is 0 Å². The third-order valence-electron chi connectivity index (χ3n) is 5.38. The van der Waals surface area contributed by atoms with Crippen molar-refractivity contribution in [2.24, 2.45) is 17.3 Å². The minimum atomic E-state index is -0.642. The van der Waals surface area contributed by atoms with Gasteiger partial charge >= 0.3 is 5.97 Å². The van der Waals surface area contributed by atoms with Crippen molar-refractivity contribution in [3.05, 3.63) is 34.9 Å². The highest BCUT2D eigenvalue weighted by Crippen LogP contribution is 2.60. The molecule has 0 radical (unpaired) electrons. The maximum atomic E-state index is 12.6. The molecule has 132 valence electrons. The minimum absolute atomic E-state index is 0.0216. The molecular formula is C21H25NO3. The van der Waals surface area contributed by atoms with E-state index in [0.717, 1.165) is 11.1 Å². The summed E-state index contributed by atoms with van der Waals surface area (Å²) in [5.74, 6) is 1.96. The van der Waals surface area contributed by atoms with Crippen molar-refractivity contribution in [1.29, 1.82) is 5.26 Å². The Morgan fingerprint density at radius 1 is 1.52 bits per heavy atom. The van der Waals surface area contributed by atoms with Gasteiger partial charge in [0.1, 0.15) is 6.10 Å². The van der Waals surface area contributed by atoms with Crippen molar-refractivity contribution in [3.63, 3.8) is 0 Å². The van der Waals surface area contributed by atoms with Gasteiger partial charge in [-0.05, 0) is 42.4 Å². The normalized spacial score (nSPS) is 30.9. The number of carbonyl (C=O) groups is 1. The number of esters is 1. The van der Waals surface area contributed by atoms with Gasteiger partial charge in [0.05, 0.1) is 18.1 Å². The fraction of sp³-hybridized carbons (Fsp3) is 0.524. The van der Waals surface area contributed by atoms with Crippen LogP contribution in [0.2, 0.25) is 0 Å². The summed E-state index contributed by atoms with van der Waals surface area (Å²) < 4.78 is 5.68. The highest BCUT2D eigenvalue weighted by atomic mass is 16.5. The number of ether oxygens (including phenoxy) is 1. The summed E-state index contributed by atoms with van der Waals surface area (Å²) in [6.45, 7) is 7.71. The fourth-order valence-corrected chi connectivity index (χ4v) is 3.65. The Hall–Kier alpha value is -2.30. The van der Waals surface area contributed by atoms with Gasteiger partial charge in [-0.3, -0.25) is 4.79 Å². The lowest BCUT2D eigenvalue weighted by molar-refractivity contribution is -0.150. The van der Waals surface area contributed by atoms with Crippen LogP contribution in [0.1, 0.15) is 40.5 Å². The number of nitriles is 1. The smallest absolute Gasteiger partial charge is 0.310 e. The highest BCUT2D eigenvalue weighted by Gasteiger charge is 2.62. The molecule has 0 aromatic carbocycles. The average Bonchev–Trinajstić information content (AvgIpc) is 3.00. The van der Waals surface area contributed by atoms with Gasteiger partial charge in [0.2, 0.25) is 0 Å². The summed E-state index contributed by atoms with van der Waals surface area (Å²) in [6.07, 6.45) is 10.4. The second-order valence-corrected chi connectivity index (χ2v) is 7.32. The average molecular weight is 339 g/mol. The lowest BCUT2D eigenvalue weighted by Crippen LogP contribution is -2.21. The first-order valence-electron chi connectivity index (χ1n) is 8.54. The number of terminal acetylenes is 1. The zero-order chi connectivity index (χ0) is 18.8. The van der Waals surface area contributed by atoms with Crippen LogP contribution < -0.4 is 0 Å². The zero-order valence-electron chi connectivity index (χ0n) is 15.2. The van der Waals surface area contributed by atoms with Crippen LogP contribution in [0, 0.1) is 40.9 Å². The Morgan fingerprint density at radius 2 is 2.20 bits per heavy atom. The number of hydrogen-bond acceptors (Lipinski definition) is 4. The Balaban J connectivity index is 2.10.